The first-order valence-electron chi connectivity index (χ1n) is 6.85. The van der Waals surface area contributed by atoms with Gasteiger partial charge in [0.05, 0.1) is 0 Å². The Kier molecular flexibility index (Phi) is 6.73. The van der Waals surface area contributed by atoms with Gasteiger partial charge < -0.3 is 15.7 Å². The van der Waals surface area contributed by atoms with Crippen LogP contribution in [0.3, 0.4) is 0 Å². The molecule has 0 saturated heterocycles. The van der Waals surface area contributed by atoms with Gasteiger partial charge in [-0.05, 0) is 30.5 Å². The Balaban J connectivity index is 2.67. The van der Waals surface area contributed by atoms with E-state index in [-0.39, 0.29) is 24.3 Å². The molecule has 0 heterocycles. The van der Waals surface area contributed by atoms with Crippen LogP contribution in [0.4, 0.5) is 0 Å². The van der Waals surface area contributed by atoms with Crippen LogP contribution in [-0.2, 0) is 0 Å². The van der Waals surface area contributed by atoms with E-state index >= 15 is 0 Å². The molecule has 1 unspecified atom stereocenters. The van der Waals surface area contributed by atoms with E-state index < -0.39 is 0 Å². The number of aliphatic hydroxyl groups is 1. The summed E-state index contributed by atoms with van der Waals surface area (Å²) in [5.41, 5.74) is 0.917. The molecule has 1 atom stereocenters. The number of rotatable bonds is 7. The van der Waals surface area contributed by atoms with Crippen LogP contribution in [0.1, 0.15) is 41.0 Å². The topological polar surface area (TPSA) is 78.4 Å². The van der Waals surface area contributed by atoms with Crippen LogP contribution < -0.4 is 10.6 Å². The van der Waals surface area contributed by atoms with Crippen molar-refractivity contribution < 1.29 is 14.7 Å². The Labute approximate surface area is 119 Å². The van der Waals surface area contributed by atoms with Crippen LogP contribution in [0.2, 0.25) is 0 Å². The maximum atomic E-state index is 11.9. The zero-order valence-electron chi connectivity index (χ0n) is 12.0. The van der Waals surface area contributed by atoms with E-state index in [2.05, 4.69) is 10.6 Å². The molecular formula is C15H22N2O3. The first-order chi connectivity index (χ1) is 9.58. The summed E-state index contributed by atoms with van der Waals surface area (Å²) in [5, 5.41) is 14.4. The molecule has 0 aliphatic heterocycles. The highest BCUT2D eigenvalue weighted by Crippen LogP contribution is 2.06. The molecule has 0 fully saturated rings. The molecule has 0 aromatic heterocycles. The second-order valence-electron chi connectivity index (χ2n) is 4.83. The first-order valence-corrected chi connectivity index (χ1v) is 6.85. The normalized spacial score (nSPS) is 11.8. The van der Waals surface area contributed by atoms with Crippen molar-refractivity contribution in [2.45, 2.75) is 20.3 Å². The number of amides is 2. The van der Waals surface area contributed by atoms with Crippen molar-refractivity contribution in [3.63, 3.8) is 0 Å². The van der Waals surface area contributed by atoms with Crippen LogP contribution in [-0.4, -0.2) is 36.6 Å². The van der Waals surface area contributed by atoms with Crippen molar-refractivity contribution in [3.8, 4) is 0 Å². The number of aliphatic hydroxyl groups excluding tert-OH is 1. The highest BCUT2D eigenvalue weighted by molar-refractivity contribution is 5.99. The summed E-state index contributed by atoms with van der Waals surface area (Å²) in [6.45, 7) is 4.87. The molecule has 0 aliphatic rings. The number of nitrogens with one attached hydrogen (secondary N) is 2. The highest BCUT2D eigenvalue weighted by Gasteiger charge is 2.10. The minimum atomic E-state index is -0.240. The monoisotopic (exact) mass is 278 g/mol. The fraction of sp³-hybridized carbons (Fsp3) is 0.467. The molecule has 20 heavy (non-hydrogen) atoms. The Bertz CT molecular complexity index is 460. The average Bonchev–Trinajstić information content (AvgIpc) is 2.49. The van der Waals surface area contributed by atoms with Crippen molar-refractivity contribution in [1.29, 1.82) is 0 Å². The second-order valence-corrected chi connectivity index (χ2v) is 4.83. The van der Waals surface area contributed by atoms with Crippen molar-refractivity contribution in [2.24, 2.45) is 5.92 Å². The number of benzene rings is 1. The summed E-state index contributed by atoms with van der Waals surface area (Å²) in [4.78, 5) is 23.7. The smallest absolute Gasteiger partial charge is 0.251 e. The van der Waals surface area contributed by atoms with Gasteiger partial charge in [0.2, 0.25) is 0 Å². The van der Waals surface area contributed by atoms with Crippen molar-refractivity contribution >= 4 is 11.8 Å². The van der Waals surface area contributed by atoms with Crippen LogP contribution >= 0.6 is 0 Å². The molecule has 0 radical (unpaired) electrons. The van der Waals surface area contributed by atoms with E-state index in [1.807, 2.05) is 13.8 Å². The van der Waals surface area contributed by atoms with Crippen LogP contribution in [0.25, 0.3) is 0 Å². The molecule has 5 heteroatoms. The third-order valence-electron chi connectivity index (χ3n) is 2.85. The average molecular weight is 278 g/mol. The van der Waals surface area contributed by atoms with Crippen LogP contribution in [0.5, 0.6) is 0 Å². The van der Waals surface area contributed by atoms with Gasteiger partial charge >= 0.3 is 0 Å². The number of carbonyl (C=O) groups is 2. The molecule has 1 rings (SSSR count). The minimum absolute atomic E-state index is 0.00925. The first kappa shape index (κ1) is 16.2. The summed E-state index contributed by atoms with van der Waals surface area (Å²) >= 11 is 0. The molecule has 2 amide bonds. The maximum Gasteiger partial charge on any atom is 0.251 e. The van der Waals surface area contributed by atoms with E-state index in [0.717, 1.165) is 6.42 Å². The Morgan fingerprint density at radius 3 is 2.35 bits per heavy atom. The van der Waals surface area contributed by atoms with Gasteiger partial charge in [0.1, 0.15) is 0 Å². The maximum absolute atomic E-state index is 11.9. The Hall–Kier alpha value is -1.88. The van der Waals surface area contributed by atoms with Gasteiger partial charge in [-0.2, -0.15) is 0 Å². The zero-order chi connectivity index (χ0) is 15.0. The summed E-state index contributed by atoms with van der Waals surface area (Å²) in [7, 11) is 0. The van der Waals surface area contributed by atoms with Crippen molar-refractivity contribution in [2.75, 3.05) is 19.7 Å². The molecule has 0 spiro atoms. The Morgan fingerprint density at radius 1 is 1.20 bits per heavy atom. The number of hydrogen-bond donors (Lipinski definition) is 3. The molecular weight excluding hydrogens is 256 g/mol. The fourth-order valence-corrected chi connectivity index (χ4v) is 1.58. The largest absolute Gasteiger partial charge is 0.396 e. The second kappa shape index (κ2) is 8.32. The Morgan fingerprint density at radius 2 is 1.80 bits per heavy atom. The third-order valence-corrected chi connectivity index (χ3v) is 2.85. The van der Waals surface area contributed by atoms with Gasteiger partial charge in [-0.15, -0.1) is 0 Å². The minimum Gasteiger partial charge on any atom is -0.396 e. The summed E-state index contributed by atoms with van der Waals surface area (Å²) < 4.78 is 0. The van der Waals surface area contributed by atoms with Gasteiger partial charge in [-0.3, -0.25) is 9.59 Å². The van der Waals surface area contributed by atoms with Gasteiger partial charge in [0, 0.05) is 30.8 Å². The fourth-order valence-electron chi connectivity index (χ4n) is 1.58. The lowest BCUT2D eigenvalue weighted by Crippen LogP contribution is -2.30. The molecule has 1 aromatic carbocycles. The van der Waals surface area contributed by atoms with Crippen LogP contribution in [0, 0.1) is 5.92 Å². The molecule has 3 N–H and O–H groups in total. The van der Waals surface area contributed by atoms with E-state index in [9.17, 15) is 9.59 Å². The lowest BCUT2D eigenvalue weighted by Gasteiger charge is -2.10. The lowest BCUT2D eigenvalue weighted by molar-refractivity contribution is 0.0942. The zero-order valence-corrected chi connectivity index (χ0v) is 12.0. The van der Waals surface area contributed by atoms with Crippen molar-refractivity contribution in [1.82, 2.24) is 10.6 Å². The molecule has 0 saturated carbocycles. The third kappa shape index (κ3) is 5.01. The van der Waals surface area contributed by atoms with E-state index in [4.69, 9.17) is 5.11 Å². The predicted octanol–water partition coefficient (Wildman–Crippen LogP) is 1.18. The van der Waals surface area contributed by atoms with E-state index in [0.29, 0.717) is 24.2 Å². The van der Waals surface area contributed by atoms with Crippen molar-refractivity contribution in [3.05, 3.63) is 35.4 Å². The molecule has 0 aliphatic carbocycles. The van der Waals surface area contributed by atoms with Gasteiger partial charge in [0.25, 0.3) is 11.8 Å². The van der Waals surface area contributed by atoms with Gasteiger partial charge in [-0.25, -0.2) is 0 Å². The summed E-state index contributed by atoms with van der Waals surface area (Å²) in [6, 6.07) is 6.60. The molecule has 5 nitrogen and oxygen atoms in total. The summed E-state index contributed by atoms with van der Waals surface area (Å²) in [6.07, 6.45) is 0.866. The van der Waals surface area contributed by atoms with Gasteiger partial charge in [-0.1, -0.05) is 19.9 Å². The summed E-state index contributed by atoms with van der Waals surface area (Å²) in [5.74, 6) is -0.407. The predicted molar refractivity (Wildman–Crippen MR) is 77.6 cm³/mol. The lowest BCUT2D eigenvalue weighted by atomic mass is 10.1. The number of hydrogen-bond acceptors (Lipinski definition) is 3. The van der Waals surface area contributed by atoms with E-state index in [1.165, 1.54) is 0 Å². The SMILES string of the molecule is CCCNC(=O)c1cccc(C(=O)NCC(C)CO)c1. The molecule has 110 valence electrons. The molecule has 0 bridgehead atoms. The van der Waals surface area contributed by atoms with Crippen LogP contribution in [0.15, 0.2) is 24.3 Å². The van der Waals surface area contributed by atoms with E-state index in [1.54, 1.807) is 24.3 Å². The standard InChI is InChI=1S/C15H22N2O3/c1-3-7-16-14(19)12-5-4-6-13(8-12)15(20)17-9-11(2)10-18/h4-6,8,11,18H,3,7,9-10H2,1-2H3,(H,16,19)(H,17,20). The molecule has 1 aromatic rings. The van der Waals surface area contributed by atoms with Gasteiger partial charge in [0.15, 0.2) is 0 Å². The quantitative estimate of drug-likeness (QED) is 0.701. The number of carbonyl (C=O) groups excluding carboxylic acids is 2. The highest BCUT2D eigenvalue weighted by atomic mass is 16.3.